The zero-order chi connectivity index (χ0) is 25.3. The van der Waals surface area contributed by atoms with Gasteiger partial charge in [-0.15, -0.1) is 0 Å². The zero-order valence-corrected chi connectivity index (χ0v) is 23.2. The van der Waals surface area contributed by atoms with Crippen LogP contribution < -0.4 is 5.32 Å². The molecular formula is C32H53N3O. The number of hydrogen-bond acceptors (Lipinski definition) is 2. The average Bonchev–Trinajstić information content (AvgIpc) is 3.26. The second-order valence-electron chi connectivity index (χ2n) is 11.1. The van der Waals surface area contributed by atoms with Crippen LogP contribution in [0.2, 0.25) is 0 Å². The Morgan fingerprint density at radius 3 is 2.06 bits per heavy atom. The number of aromatic nitrogens is 2. The maximum Gasteiger partial charge on any atom is 0.223 e. The minimum atomic E-state index is 0.230. The maximum absolute atomic E-state index is 12.5. The molecule has 4 heteroatoms. The van der Waals surface area contributed by atoms with E-state index in [2.05, 4.69) is 41.1 Å². The fourth-order valence-electron chi connectivity index (χ4n) is 5.84. The summed E-state index contributed by atoms with van der Waals surface area (Å²) in [6.07, 6.45) is 26.0. The molecule has 1 aliphatic carbocycles. The molecule has 1 heterocycles. The summed E-state index contributed by atoms with van der Waals surface area (Å²) >= 11 is 0. The first-order valence-electron chi connectivity index (χ1n) is 15.5. The lowest BCUT2D eigenvalue weighted by Crippen LogP contribution is -2.33. The molecule has 36 heavy (non-hydrogen) atoms. The standard InChI is InChI=1S/C32H53N3O/c1-2-3-4-5-6-7-8-9-10-11-12-13-14-20-27-35-30-24-19-18-23-29(30)34-31(35)25-26-33-32(36)28-21-16-15-17-22-28/h18-19,23-24,28H,2-17,20-22,25-27H2,1H3,(H,33,36). The summed E-state index contributed by atoms with van der Waals surface area (Å²) in [6, 6.07) is 8.48. The van der Waals surface area contributed by atoms with Gasteiger partial charge < -0.3 is 9.88 Å². The van der Waals surface area contributed by atoms with Crippen molar-refractivity contribution in [2.45, 2.75) is 142 Å². The minimum Gasteiger partial charge on any atom is -0.355 e. The first kappa shape index (κ1) is 28.7. The topological polar surface area (TPSA) is 46.9 Å². The predicted molar refractivity (Wildman–Crippen MR) is 153 cm³/mol. The van der Waals surface area contributed by atoms with Gasteiger partial charge in [-0.2, -0.15) is 0 Å². The Morgan fingerprint density at radius 1 is 0.833 bits per heavy atom. The number of fused-ring (bicyclic) bond motifs is 1. The number of aryl methyl sites for hydroxylation is 1. The number of nitrogens with one attached hydrogen (secondary N) is 1. The Morgan fingerprint density at radius 2 is 1.42 bits per heavy atom. The zero-order valence-electron chi connectivity index (χ0n) is 23.2. The third-order valence-electron chi connectivity index (χ3n) is 8.09. The third kappa shape index (κ3) is 10.3. The highest BCUT2D eigenvalue weighted by Gasteiger charge is 2.20. The Bertz CT molecular complexity index is 852. The van der Waals surface area contributed by atoms with E-state index in [-0.39, 0.29) is 11.8 Å². The molecule has 1 saturated carbocycles. The second kappa shape index (κ2) is 17.6. The van der Waals surface area contributed by atoms with Gasteiger partial charge in [0, 0.05) is 25.4 Å². The fraction of sp³-hybridized carbons (Fsp3) is 0.750. The summed E-state index contributed by atoms with van der Waals surface area (Å²) in [6.45, 7) is 4.01. The number of amides is 1. The highest BCUT2D eigenvalue weighted by molar-refractivity contribution is 5.78. The van der Waals surface area contributed by atoms with Crippen LogP contribution >= 0.6 is 0 Å². The molecule has 202 valence electrons. The number of nitrogens with zero attached hydrogens (tertiary/aromatic N) is 2. The van der Waals surface area contributed by atoms with E-state index in [1.807, 2.05) is 0 Å². The molecule has 0 aliphatic heterocycles. The minimum absolute atomic E-state index is 0.230. The number of carbonyl (C=O) groups is 1. The number of carbonyl (C=O) groups excluding carboxylic acids is 1. The van der Waals surface area contributed by atoms with E-state index in [1.165, 1.54) is 115 Å². The van der Waals surface area contributed by atoms with E-state index in [4.69, 9.17) is 4.98 Å². The monoisotopic (exact) mass is 495 g/mol. The van der Waals surface area contributed by atoms with Crippen molar-refractivity contribution in [3.05, 3.63) is 30.1 Å². The quantitative estimate of drug-likeness (QED) is 0.198. The van der Waals surface area contributed by atoms with Crippen molar-refractivity contribution in [1.29, 1.82) is 0 Å². The second-order valence-corrected chi connectivity index (χ2v) is 11.1. The molecule has 0 unspecified atom stereocenters. The molecule has 1 fully saturated rings. The third-order valence-corrected chi connectivity index (χ3v) is 8.09. The van der Waals surface area contributed by atoms with Gasteiger partial charge in [0.05, 0.1) is 11.0 Å². The molecule has 1 aromatic heterocycles. The molecule has 4 nitrogen and oxygen atoms in total. The summed E-state index contributed by atoms with van der Waals surface area (Å²) in [5.41, 5.74) is 2.32. The summed E-state index contributed by atoms with van der Waals surface area (Å²) < 4.78 is 2.41. The Kier molecular flexibility index (Phi) is 14.0. The van der Waals surface area contributed by atoms with Gasteiger partial charge >= 0.3 is 0 Å². The lowest BCUT2D eigenvalue weighted by molar-refractivity contribution is -0.125. The van der Waals surface area contributed by atoms with Crippen LogP contribution in [0, 0.1) is 5.92 Å². The van der Waals surface area contributed by atoms with Crippen LogP contribution in [-0.2, 0) is 17.8 Å². The van der Waals surface area contributed by atoms with E-state index in [0.717, 1.165) is 37.1 Å². The predicted octanol–water partition coefficient (Wildman–Crippen LogP) is 8.76. The van der Waals surface area contributed by atoms with Crippen molar-refractivity contribution in [3.8, 4) is 0 Å². The van der Waals surface area contributed by atoms with Crippen molar-refractivity contribution < 1.29 is 4.79 Å². The van der Waals surface area contributed by atoms with E-state index < -0.39 is 0 Å². The molecule has 0 atom stereocenters. The molecule has 0 saturated heterocycles. The summed E-state index contributed by atoms with van der Waals surface area (Å²) in [4.78, 5) is 17.4. The molecular weight excluding hydrogens is 442 g/mol. The van der Waals surface area contributed by atoms with Gasteiger partial charge in [-0.05, 0) is 31.4 Å². The van der Waals surface area contributed by atoms with E-state index in [1.54, 1.807) is 0 Å². The smallest absolute Gasteiger partial charge is 0.223 e. The highest BCUT2D eigenvalue weighted by Crippen LogP contribution is 2.24. The van der Waals surface area contributed by atoms with E-state index >= 15 is 0 Å². The van der Waals surface area contributed by atoms with Crippen LogP contribution in [0.4, 0.5) is 0 Å². The fourth-order valence-corrected chi connectivity index (χ4v) is 5.84. The van der Waals surface area contributed by atoms with Gasteiger partial charge in [0.25, 0.3) is 0 Å². The van der Waals surface area contributed by atoms with Crippen molar-refractivity contribution in [1.82, 2.24) is 14.9 Å². The lowest BCUT2D eigenvalue weighted by Gasteiger charge is -2.20. The number of unbranched alkanes of at least 4 members (excludes halogenated alkanes) is 13. The molecule has 0 bridgehead atoms. The van der Waals surface area contributed by atoms with Crippen molar-refractivity contribution in [3.63, 3.8) is 0 Å². The molecule has 1 amide bonds. The van der Waals surface area contributed by atoms with E-state index in [0.29, 0.717) is 6.54 Å². The van der Waals surface area contributed by atoms with Crippen molar-refractivity contribution in [2.75, 3.05) is 6.54 Å². The van der Waals surface area contributed by atoms with Crippen molar-refractivity contribution in [2.24, 2.45) is 5.92 Å². The van der Waals surface area contributed by atoms with Gasteiger partial charge in [0.15, 0.2) is 0 Å². The van der Waals surface area contributed by atoms with Gasteiger partial charge in [-0.1, -0.05) is 122 Å². The molecule has 1 aliphatic rings. The van der Waals surface area contributed by atoms with Crippen LogP contribution in [0.3, 0.4) is 0 Å². The van der Waals surface area contributed by atoms with Gasteiger partial charge in [0.1, 0.15) is 5.82 Å². The Hall–Kier alpha value is -1.84. The number of hydrogen-bond donors (Lipinski definition) is 1. The molecule has 0 spiro atoms. The summed E-state index contributed by atoms with van der Waals surface area (Å²) in [5.74, 6) is 1.60. The van der Waals surface area contributed by atoms with Crippen LogP contribution in [0.25, 0.3) is 11.0 Å². The summed E-state index contributed by atoms with van der Waals surface area (Å²) in [7, 11) is 0. The normalized spacial score (nSPS) is 14.5. The maximum atomic E-state index is 12.5. The van der Waals surface area contributed by atoms with Crippen LogP contribution in [0.5, 0.6) is 0 Å². The largest absolute Gasteiger partial charge is 0.355 e. The van der Waals surface area contributed by atoms with Gasteiger partial charge in [-0.3, -0.25) is 4.79 Å². The number of rotatable bonds is 19. The molecule has 2 aromatic rings. The SMILES string of the molecule is CCCCCCCCCCCCCCCCn1c(CCNC(=O)C2CCCCC2)nc2ccccc21. The highest BCUT2D eigenvalue weighted by atomic mass is 16.1. The van der Waals surface area contributed by atoms with Crippen LogP contribution in [0.1, 0.15) is 135 Å². The van der Waals surface area contributed by atoms with Crippen LogP contribution in [0.15, 0.2) is 24.3 Å². The first-order valence-corrected chi connectivity index (χ1v) is 15.5. The number of para-hydroxylation sites is 2. The average molecular weight is 496 g/mol. The molecule has 1 aromatic carbocycles. The first-order chi connectivity index (χ1) is 17.8. The van der Waals surface area contributed by atoms with Crippen LogP contribution in [-0.4, -0.2) is 22.0 Å². The van der Waals surface area contributed by atoms with Gasteiger partial charge in [-0.25, -0.2) is 4.98 Å². The molecule has 0 radical (unpaired) electrons. The molecule has 1 N–H and O–H groups in total. The molecule has 3 rings (SSSR count). The lowest BCUT2D eigenvalue weighted by atomic mass is 9.89. The number of imidazole rings is 1. The van der Waals surface area contributed by atoms with E-state index in [9.17, 15) is 4.79 Å². The number of benzene rings is 1. The summed E-state index contributed by atoms with van der Waals surface area (Å²) in [5, 5.41) is 3.20. The van der Waals surface area contributed by atoms with Gasteiger partial charge in [0.2, 0.25) is 5.91 Å². The Labute approximate surface area is 221 Å². The Balaban J connectivity index is 1.30. The van der Waals surface area contributed by atoms with Crippen molar-refractivity contribution >= 4 is 16.9 Å².